The third-order valence-electron chi connectivity index (χ3n) is 5.53. The number of nitrogens with one attached hydrogen (secondary N) is 1. The molecule has 2 aromatic carbocycles. The van der Waals surface area contributed by atoms with Gasteiger partial charge in [0.25, 0.3) is 5.56 Å². The van der Waals surface area contributed by atoms with Crippen LogP contribution in [0.5, 0.6) is 5.75 Å². The van der Waals surface area contributed by atoms with E-state index in [0.717, 1.165) is 17.7 Å². The molecule has 3 aromatic rings. The van der Waals surface area contributed by atoms with E-state index in [4.69, 9.17) is 4.74 Å². The number of benzene rings is 2. The molecule has 0 atom stereocenters. The van der Waals surface area contributed by atoms with Gasteiger partial charge in [0.2, 0.25) is 5.91 Å². The summed E-state index contributed by atoms with van der Waals surface area (Å²) >= 11 is 0. The number of rotatable bonds is 7. The lowest BCUT2D eigenvalue weighted by molar-refractivity contribution is -0.132. The van der Waals surface area contributed by atoms with E-state index in [2.05, 4.69) is 41.2 Å². The molecule has 166 valence electrons. The van der Waals surface area contributed by atoms with Crippen LogP contribution in [-0.4, -0.2) is 39.1 Å². The number of carbonyl (C=O) groups is 1. The van der Waals surface area contributed by atoms with Crippen molar-refractivity contribution < 1.29 is 9.53 Å². The highest BCUT2D eigenvalue weighted by molar-refractivity contribution is 5.76. The van der Waals surface area contributed by atoms with Crippen molar-refractivity contribution in [1.29, 1.82) is 0 Å². The lowest BCUT2D eigenvalue weighted by Crippen LogP contribution is -2.36. The predicted octanol–water partition coefficient (Wildman–Crippen LogP) is 3.38. The van der Waals surface area contributed by atoms with Crippen molar-refractivity contribution in [2.45, 2.75) is 39.7 Å². The maximum atomic E-state index is 12.7. The SMILES string of the molecule is CC(C)COc1ccc(-c2nnc(CCC(=O)N3CCc4ccccc4C3)c(=O)[nH]2)cc1. The average Bonchev–Trinajstić information content (AvgIpc) is 2.81. The van der Waals surface area contributed by atoms with Crippen molar-refractivity contribution in [2.24, 2.45) is 5.92 Å². The third kappa shape index (κ3) is 5.22. The number of H-pyrrole nitrogens is 1. The largest absolute Gasteiger partial charge is 0.493 e. The van der Waals surface area contributed by atoms with E-state index >= 15 is 0 Å². The standard InChI is InChI=1S/C25H28N4O3/c1-17(2)16-32-21-9-7-19(8-10-21)24-26-25(31)22(27-28-24)11-12-23(30)29-14-13-18-5-3-4-6-20(18)15-29/h3-10,17H,11-16H2,1-2H3,(H,26,28,31). The number of aryl methyl sites for hydroxylation is 1. The van der Waals surface area contributed by atoms with Gasteiger partial charge >= 0.3 is 0 Å². The average molecular weight is 433 g/mol. The van der Waals surface area contributed by atoms with Crippen LogP contribution in [0, 0.1) is 5.92 Å². The van der Waals surface area contributed by atoms with Gasteiger partial charge in [-0.25, -0.2) is 0 Å². The fourth-order valence-corrected chi connectivity index (χ4v) is 3.72. The fraction of sp³-hybridized carbons (Fsp3) is 0.360. The van der Waals surface area contributed by atoms with E-state index in [-0.39, 0.29) is 30.0 Å². The summed E-state index contributed by atoms with van der Waals surface area (Å²) in [5.41, 5.74) is 3.20. The molecule has 0 bridgehead atoms. The Morgan fingerprint density at radius 3 is 2.56 bits per heavy atom. The Morgan fingerprint density at radius 1 is 1.09 bits per heavy atom. The molecule has 1 N–H and O–H groups in total. The number of aromatic amines is 1. The number of nitrogens with zero attached hydrogens (tertiary/aromatic N) is 3. The zero-order valence-electron chi connectivity index (χ0n) is 18.5. The minimum Gasteiger partial charge on any atom is -0.493 e. The maximum absolute atomic E-state index is 12.7. The van der Waals surface area contributed by atoms with Crippen LogP contribution in [0.1, 0.15) is 37.1 Å². The van der Waals surface area contributed by atoms with Gasteiger partial charge < -0.3 is 14.6 Å². The van der Waals surface area contributed by atoms with Gasteiger partial charge in [-0.2, -0.15) is 0 Å². The number of amides is 1. The molecule has 7 nitrogen and oxygen atoms in total. The van der Waals surface area contributed by atoms with Gasteiger partial charge in [0.15, 0.2) is 5.82 Å². The van der Waals surface area contributed by atoms with E-state index in [9.17, 15) is 9.59 Å². The van der Waals surface area contributed by atoms with Crippen molar-refractivity contribution >= 4 is 5.91 Å². The van der Waals surface area contributed by atoms with Gasteiger partial charge in [-0.3, -0.25) is 9.59 Å². The van der Waals surface area contributed by atoms with Crippen molar-refractivity contribution in [3.8, 4) is 17.1 Å². The van der Waals surface area contributed by atoms with Gasteiger partial charge in [0, 0.05) is 31.5 Å². The number of fused-ring (bicyclic) bond motifs is 1. The van der Waals surface area contributed by atoms with Gasteiger partial charge in [0.1, 0.15) is 11.4 Å². The zero-order chi connectivity index (χ0) is 22.5. The van der Waals surface area contributed by atoms with Crippen LogP contribution in [0.3, 0.4) is 0 Å². The molecule has 0 saturated heterocycles. The zero-order valence-corrected chi connectivity index (χ0v) is 18.5. The molecule has 0 unspecified atom stereocenters. The summed E-state index contributed by atoms with van der Waals surface area (Å²) in [5, 5.41) is 8.26. The summed E-state index contributed by atoms with van der Waals surface area (Å²) < 4.78 is 5.68. The second kappa shape index (κ2) is 9.77. The Bertz CT molecular complexity index is 1140. The predicted molar refractivity (Wildman–Crippen MR) is 122 cm³/mol. The van der Waals surface area contributed by atoms with Gasteiger partial charge in [-0.05, 0) is 47.7 Å². The van der Waals surface area contributed by atoms with E-state index in [1.165, 1.54) is 11.1 Å². The smallest absolute Gasteiger partial charge is 0.273 e. The van der Waals surface area contributed by atoms with Gasteiger partial charge in [-0.15, -0.1) is 10.2 Å². The van der Waals surface area contributed by atoms with Crippen molar-refractivity contribution in [3.05, 3.63) is 75.7 Å². The Kier molecular flexibility index (Phi) is 6.63. The van der Waals surface area contributed by atoms with E-state index in [1.54, 1.807) is 0 Å². The number of carbonyl (C=O) groups excluding carboxylic acids is 1. The molecule has 0 saturated carbocycles. The number of hydrogen-bond donors (Lipinski definition) is 1. The molecule has 7 heteroatoms. The number of hydrogen-bond acceptors (Lipinski definition) is 5. The molecule has 32 heavy (non-hydrogen) atoms. The first kappa shape index (κ1) is 21.7. The van der Waals surface area contributed by atoms with Crippen LogP contribution < -0.4 is 10.3 Å². The van der Waals surface area contributed by atoms with E-state index in [0.29, 0.717) is 31.4 Å². The Hall–Kier alpha value is -3.48. The molecule has 1 aliphatic heterocycles. The maximum Gasteiger partial charge on any atom is 0.273 e. The lowest BCUT2D eigenvalue weighted by atomic mass is 9.99. The Balaban J connectivity index is 1.35. The Labute approximate surface area is 187 Å². The first-order valence-electron chi connectivity index (χ1n) is 11.0. The second-order valence-electron chi connectivity index (χ2n) is 8.51. The number of ether oxygens (including phenoxy) is 1. The van der Waals surface area contributed by atoms with Crippen LogP contribution in [0.2, 0.25) is 0 Å². The highest BCUT2D eigenvalue weighted by Gasteiger charge is 2.20. The molecule has 1 aromatic heterocycles. The quantitative estimate of drug-likeness (QED) is 0.618. The molecule has 0 aliphatic carbocycles. The topological polar surface area (TPSA) is 88.2 Å². The minimum atomic E-state index is -0.313. The molecular weight excluding hydrogens is 404 g/mol. The van der Waals surface area contributed by atoms with Crippen LogP contribution in [0.25, 0.3) is 11.4 Å². The molecular formula is C25H28N4O3. The molecule has 4 rings (SSSR count). The summed E-state index contributed by atoms with van der Waals surface area (Å²) in [4.78, 5) is 29.8. The molecule has 0 radical (unpaired) electrons. The van der Waals surface area contributed by atoms with E-state index in [1.807, 2.05) is 41.3 Å². The van der Waals surface area contributed by atoms with Crippen LogP contribution in [-0.2, 0) is 24.2 Å². The molecule has 0 fully saturated rings. The third-order valence-corrected chi connectivity index (χ3v) is 5.53. The Morgan fingerprint density at radius 2 is 1.84 bits per heavy atom. The molecule has 1 aliphatic rings. The molecule has 1 amide bonds. The first-order valence-corrected chi connectivity index (χ1v) is 11.0. The van der Waals surface area contributed by atoms with E-state index < -0.39 is 0 Å². The highest BCUT2D eigenvalue weighted by Crippen LogP contribution is 2.20. The monoisotopic (exact) mass is 432 g/mol. The van der Waals surface area contributed by atoms with Crippen molar-refractivity contribution in [3.63, 3.8) is 0 Å². The minimum absolute atomic E-state index is 0.0294. The summed E-state index contributed by atoms with van der Waals surface area (Å²) in [6.07, 6.45) is 1.36. The molecule has 0 spiro atoms. The molecule has 2 heterocycles. The summed E-state index contributed by atoms with van der Waals surface area (Å²) in [6.45, 7) is 6.15. The first-order chi connectivity index (χ1) is 15.5. The summed E-state index contributed by atoms with van der Waals surface area (Å²) in [5.74, 6) is 1.64. The van der Waals surface area contributed by atoms with Crippen molar-refractivity contribution in [2.75, 3.05) is 13.2 Å². The lowest BCUT2D eigenvalue weighted by Gasteiger charge is -2.28. The summed E-state index contributed by atoms with van der Waals surface area (Å²) in [7, 11) is 0. The van der Waals surface area contributed by atoms with Crippen LogP contribution in [0.15, 0.2) is 53.3 Å². The second-order valence-corrected chi connectivity index (χ2v) is 8.51. The fourth-order valence-electron chi connectivity index (χ4n) is 3.72. The van der Waals surface area contributed by atoms with Gasteiger partial charge in [-0.1, -0.05) is 38.1 Å². The highest BCUT2D eigenvalue weighted by atomic mass is 16.5. The normalized spacial score (nSPS) is 13.2. The summed E-state index contributed by atoms with van der Waals surface area (Å²) in [6, 6.07) is 15.6. The van der Waals surface area contributed by atoms with Gasteiger partial charge in [0.05, 0.1) is 6.61 Å². The number of aromatic nitrogens is 3. The van der Waals surface area contributed by atoms with Crippen LogP contribution >= 0.6 is 0 Å². The van der Waals surface area contributed by atoms with Crippen LogP contribution in [0.4, 0.5) is 0 Å². The van der Waals surface area contributed by atoms with Crippen molar-refractivity contribution in [1.82, 2.24) is 20.1 Å².